The second-order valence-electron chi connectivity index (χ2n) is 7.45. The lowest BCUT2D eigenvalue weighted by Gasteiger charge is -2.38. The molecule has 3 heterocycles. The number of carbonyl (C=O) groups excluding carboxylic acids is 1. The van der Waals surface area contributed by atoms with E-state index in [9.17, 15) is 4.79 Å². The van der Waals surface area contributed by atoms with Gasteiger partial charge in [-0.15, -0.1) is 0 Å². The molecule has 1 aromatic carbocycles. The lowest BCUT2D eigenvalue weighted by Crippen LogP contribution is -2.50. The van der Waals surface area contributed by atoms with Gasteiger partial charge in [-0.3, -0.25) is 4.90 Å². The fourth-order valence-electron chi connectivity index (χ4n) is 3.99. The zero-order valence-corrected chi connectivity index (χ0v) is 15.3. The van der Waals surface area contributed by atoms with E-state index in [1.165, 1.54) is 5.56 Å². The zero-order chi connectivity index (χ0) is 18.1. The number of nitrogens with zero attached hydrogens (tertiary/aromatic N) is 4. The van der Waals surface area contributed by atoms with Gasteiger partial charge in [-0.2, -0.15) is 0 Å². The summed E-state index contributed by atoms with van der Waals surface area (Å²) >= 11 is 0. The van der Waals surface area contributed by atoms with Gasteiger partial charge in [0, 0.05) is 43.7 Å². The van der Waals surface area contributed by atoms with Gasteiger partial charge >= 0.3 is 6.09 Å². The molecule has 1 spiro atoms. The summed E-state index contributed by atoms with van der Waals surface area (Å²) in [5.74, 6) is 0.758. The Morgan fingerprint density at radius 3 is 2.65 bits per heavy atom. The van der Waals surface area contributed by atoms with Gasteiger partial charge in [0.15, 0.2) is 5.82 Å². The SMILES string of the molecule is Cc1ccccc1-c1ncc(CN2CCCC3(C2)CN(C)C(=O)O3)cn1. The number of aromatic nitrogens is 2. The highest BCUT2D eigenvalue weighted by Gasteiger charge is 2.46. The van der Waals surface area contributed by atoms with Crippen molar-refractivity contribution in [3.8, 4) is 11.4 Å². The normalized spacial score (nSPS) is 23.5. The number of ether oxygens (including phenoxy) is 1. The van der Waals surface area contributed by atoms with Gasteiger partial charge in [0.2, 0.25) is 0 Å². The van der Waals surface area contributed by atoms with Gasteiger partial charge in [0.25, 0.3) is 0 Å². The molecule has 26 heavy (non-hydrogen) atoms. The lowest BCUT2D eigenvalue weighted by atomic mass is 9.92. The van der Waals surface area contributed by atoms with E-state index in [4.69, 9.17) is 4.74 Å². The Morgan fingerprint density at radius 1 is 1.19 bits per heavy atom. The molecular formula is C20H24N4O2. The van der Waals surface area contributed by atoms with Gasteiger partial charge in [0.05, 0.1) is 6.54 Å². The molecule has 6 nitrogen and oxygen atoms in total. The highest BCUT2D eigenvalue weighted by molar-refractivity contribution is 5.70. The third-order valence-electron chi connectivity index (χ3n) is 5.26. The number of benzene rings is 1. The lowest BCUT2D eigenvalue weighted by molar-refractivity contribution is -0.0114. The molecule has 0 radical (unpaired) electrons. The summed E-state index contributed by atoms with van der Waals surface area (Å²) in [6.45, 7) is 5.28. The third-order valence-corrected chi connectivity index (χ3v) is 5.26. The average Bonchev–Trinajstić information content (AvgIpc) is 2.89. The first kappa shape index (κ1) is 17.0. The van der Waals surface area contributed by atoms with E-state index in [0.717, 1.165) is 49.4 Å². The molecule has 0 saturated carbocycles. The number of rotatable bonds is 3. The highest BCUT2D eigenvalue weighted by Crippen LogP contribution is 2.32. The number of aryl methyl sites for hydroxylation is 1. The van der Waals surface area contributed by atoms with Crippen LogP contribution < -0.4 is 0 Å². The van der Waals surface area contributed by atoms with Crippen molar-refractivity contribution in [2.45, 2.75) is 31.9 Å². The standard InChI is InChI=1S/C20H24N4O2/c1-15-6-3-4-7-17(15)18-21-10-16(11-22-18)12-24-9-5-8-20(14-24)13-23(2)19(25)26-20/h3-4,6-7,10-11H,5,8-9,12-14H2,1-2H3. The number of hydrogen-bond acceptors (Lipinski definition) is 5. The maximum absolute atomic E-state index is 11.8. The molecule has 2 fully saturated rings. The molecule has 6 heteroatoms. The second kappa shape index (κ2) is 6.68. The number of likely N-dealkylation sites (N-methyl/N-ethyl adjacent to an activating group) is 1. The minimum atomic E-state index is -0.355. The minimum Gasteiger partial charge on any atom is -0.440 e. The fourth-order valence-corrected chi connectivity index (χ4v) is 3.99. The van der Waals surface area contributed by atoms with Gasteiger partial charge < -0.3 is 9.64 Å². The molecule has 1 amide bonds. The Hall–Kier alpha value is -2.47. The zero-order valence-electron chi connectivity index (χ0n) is 15.3. The summed E-state index contributed by atoms with van der Waals surface area (Å²) in [5.41, 5.74) is 2.96. The highest BCUT2D eigenvalue weighted by atomic mass is 16.6. The summed E-state index contributed by atoms with van der Waals surface area (Å²) in [5, 5.41) is 0. The van der Waals surface area contributed by atoms with Crippen LogP contribution in [0.3, 0.4) is 0 Å². The van der Waals surface area contributed by atoms with Crippen molar-refractivity contribution in [3.05, 3.63) is 47.8 Å². The minimum absolute atomic E-state index is 0.210. The first-order valence-electron chi connectivity index (χ1n) is 9.08. The van der Waals surface area contributed by atoms with Crippen molar-refractivity contribution in [1.29, 1.82) is 0 Å². The van der Waals surface area contributed by atoms with Gasteiger partial charge in [-0.05, 0) is 31.9 Å². The Morgan fingerprint density at radius 2 is 1.96 bits per heavy atom. The molecule has 136 valence electrons. The van der Waals surface area contributed by atoms with Crippen LogP contribution in [0.1, 0.15) is 24.0 Å². The maximum Gasteiger partial charge on any atom is 0.410 e. The molecule has 0 bridgehead atoms. The van der Waals surface area contributed by atoms with Crippen molar-refractivity contribution in [1.82, 2.24) is 19.8 Å². The van der Waals surface area contributed by atoms with E-state index in [1.807, 2.05) is 30.6 Å². The number of piperidine rings is 1. The summed E-state index contributed by atoms with van der Waals surface area (Å²) < 4.78 is 5.67. The van der Waals surface area contributed by atoms with Crippen LogP contribution >= 0.6 is 0 Å². The molecule has 1 aromatic heterocycles. The smallest absolute Gasteiger partial charge is 0.410 e. The topological polar surface area (TPSA) is 58.6 Å². The Labute approximate surface area is 153 Å². The molecule has 2 aliphatic rings. The van der Waals surface area contributed by atoms with E-state index >= 15 is 0 Å². The first-order chi connectivity index (χ1) is 12.5. The first-order valence-corrected chi connectivity index (χ1v) is 9.08. The van der Waals surface area contributed by atoms with Crippen molar-refractivity contribution < 1.29 is 9.53 Å². The molecular weight excluding hydrogens is 328 g/mol. The van der Waals surface area contributed by atoms with Crippen LogP contribution in [-0.4, -0.2) is 58.1 Å². The quantitative estimate of drug-likeness (QED) is 0.850. The number of likely N-dealkylation sites (tertiary alicyclic amines) is 1. The summed E-state index contributed by atoms with van der Waals surface area (Å²) in [4.78, 5) is 24.9. The van der Waals surface area contributed by atoms with Crippen molar-refractivity contribution in [2.75, 3.05) is 26.7 Å². The number of hydrogen-bond donors (Lipinski definition) is 0. The predicted octanol–water partition coefficient (Wildman–Crippen LogP) is 2.87. The van der Waals surface area contributed by atoms with Crippen LogP contribution in [0.15, 0.2) is 36.7 Å². The molecule has 2 saturated heterocycles. The third kappa shape index (κ3) is 3.29. The van der Waals surface area contributed by atoms with Crippen LogP contribution in [0.2, 0.25) is 0 Å². The maximum atomic E-state index is 11.8. The van der Waals surface area contributed by atoms with Gasteiger partial charge in [-0.25, -0.2) is 14.8 Å². The van der Waals surface area contributed by atoms with E-state index < -0.39 is 0 Å². The molecule has 4 rings (SSSR count). The summed E-state index contributed by atoms with van der Waals surface area (Å²) in [6.07, 6.45) is 5.56. The van der Waals surface area contributed by atoms with E-state index in [-0.39, 0.29) is 11.7 Å². The van der Waals surface area contributed by atoms with Crippen LogP contribution in [0.4, 0.5) is 4.79 Å². The van der Waals surface area contributed by atoms with E-state index in [2.05, 4.69) is 27.9 Å². The molecule has 1 unspecified atom stereocenters. The number of carbonyl (C=O) groups is 1. The van der Waals surface area contributed by atoms with Crippen molar-refractivity contribution >= 4 is 6.09 Å². The molecule has 2 aromatic rings. The molecule has 0 aliphatic carbocycles. The van der Waals surface area contributed by atoms with Gasteiger partial charge in [0.1, 0.15) is 5.60 Å². The molecule has 2 aliphatic heterocycles. The van der Waals surface area contributed by atoms with Crippen LogP contribution in [0.5, 0.6) is 0 Å². The van der Waals surface area contributed by atoms with E-state index in [1.54, 1.807) is 11.9 Å². The molecule has 1 atom stereocenters. The summed E-state index contributed by atoms with van der Waals surface area (Å²) in [7, 11) is 1.80. The van der Waals surface area contributed by atoms with Crippen LogP contribution in [0, 0.1) is 6.92 Å². The second-order valence-corrected chi connectivity index (χ2v) is 7.45. The van der Waals surface area contributed by atoms with Crippen LogP contribution in [-0.2, 0) is 11.3 Å². The largest absolute Gasteiger partial charge is 0.440 e. The summed E-state index contributed by atoms with van der Waals surface area (Å²) in [6, 6.07) is 8.14. The number of amides is 1. The van der Waals surface area contributed by atoms with Crippen LogP contribution in [0.25, 0.3) is 11.4 Å². The predicted molar refractivity (Wildman–Crippen MR) is 98.6 cm³/mol. The van der Waals surface area contributed by atoms with E-state index in [0.29, 0.717) is 6.54 Å². The van der Waals surface area contributed by atoms with Gasteiger partial charge in [-0.1, -0.05) is 24.3 Å². The Kier molecular flexibility index (Phi) is 4.36. The Balaban J connectivity index is 1.44. The fraction of sp³-hybridized carbons (Fsp3) is 0.450. The monoisotopic (exact) mass is 352 g/mol. The Bertz CT molecular complexity index is 808. The average molecular weight is 352 g/mol. The van der Waals surface area contributed by atoms with Crippen molar-refractivity contribution in [2.24, 2.45) is 0 Å². The molecule has 0 N–H and O–H groups in total. The van der Waals surface area contributed by atoms with Crippen molar-refractivity contribution in [3.63, 3.8) is 0 Å².